The van der Waals surface area contributed by atoms with Crippen LogP contribution in [-0.4, -0.2) is 5.91 Å². The van der Waals surface area contributed by atoms with Gasteiger partial charge in [-0.05, 0) is 29.6 Å². The van der Waals surface area contributed by atoms with Crippen molar-refractivity contribution in [1.29, 1.82) is 0 Å². The molecule has 0 bridgehead atoms. The first-order valence-corrected chi connectivity index (χ1v) is 6.56. The van der Waals surface area contributed by atoms with Gasteiger partial charge in [0, 0.05) is 20.4 Å². The van der Waals surface area contributed by atoms with E-state index in [1.54, 1.807) is 18.2 Å². The molecule has 1 heterocycles. The van der Waals surface area contributed by atoms with Crippen molar-refractivity contribution in [2.45, 2.75) is 0 Å². The third-order valence-electron chi connectivity index (χ3n) is 1.90. The Morgan fingerprint density at radius 2 is 2.19 bits per heavy atom. The molecule has 2 nitrogen and oxygen atoms in total. The highest BCUT2D eigenvalue weighted by molar-refractivity contribution is 9.10. The van der Waals surface area contributed by atoms with Gasteiger partial charge < -0.3 is 5.32 Å². The SMILES string of the molecule is O=C(Nc1ccsc1)c1cc(Cl)cc(Br)c1. The van der Waals surface area contributed by atoms with Gasteiger partial charge in [0.15, 0.2) is 0 Å². The monoisotopic (exact) mass is 315 g/mol. The molecule has 1 aromatic carbocycles. The van der Waals surface area contributed by atoms with E-state index in [2.05, 4.69) is 21.2 Å². The average molecular weight is 317 g/mol. The van der Waals surface area contributed by atoms with Crippen LogP contribution >= 0.6 is 38.9 Å². The Morgan fingerprint density at radius 1 is 1.38 bits per heavy atom. The molecular weight excluding hydrogens is 310 g/mol. The van der Waals surface area contributed by atoms with Crippen molar-refractivity contribution in [2.75, 3.05) is 5.32 Å². The average Bonchev–Trinajstić information content (AvgIpc) is 2.68. The lowest BCUT2D eigenvalue weighted by Crippen LogP contribution is -2.11. The number of benzene rings is 1. The van der Waals surface area contributed by atoms with Crippen LogP contribution in [0, 0.1) is 0 Å². The minimum atomic E-state index is -0.165. The molecule has 0 unspecified atom stereocenters. The molecule has 1 N–H and O–H groups in total. The normalized spacial score (nSPS) is 10.1. The number of thiophene rings is 1. The molecule has 0 atom stereocenters. The lowest BCUT2D eigenvalue weighted by atomic mass is 10.2. The minimum absolute atomic E-state index is 0.165. The second kappa shape index (κ2) is 4.99. The summed E-state index contributed by atoms with van der Waals surface area (Å²) in [5, 5.41) is 7.10. The van der Waals surface area contributed by atoms with Crippen molar-refractivity contribution in [1.82, 2.24) is 0 Å². The first-order valence-electron chi connectivity index (χ1n) is 4.45. The van der Waals surface area contributed by atoms with E-state index in [0.717, 1.165) is 10.2 Å². The molecule has 1 aromatic heterocycles. The van der Waals surface area contributed by atoms with Gasteiger partial charge >= 0.3 is 0 Å². The van der Waals surface area contributed by atoms with E-state index in [0.29, 0.717) is 10.6 Å². The van der Waals surface area contributed by atoms with E-state index in [1.165, 1.54) is 11.3 Å². The second-order valence-electron chi connectivity index (χ2n) is 3.12. The predicted molar refractivity (Wildman–Crippen MR) is 71.4 cm³/mol. The predicted octanol–water partition coefficient (Wildman–Crippen LogP) is 4.42. The summed E-state index contributed by atoms with van der Waals surface area (Å²) in [6, 6.07) is 6.95. The van der Waals surface area contributed by atoms with E-state index in [-0.39, 0.29) is 5.91 Å². The van der Waals surface area contributed by atoms with E-state index >= 15 is 0 Å². The van der Waals surface area contributed by atoms with Crippen LogP contribution < -0.4 is 5.32 Å². The Bertz CT molecular complexity index is 492. The molecule has 0 radical (unpaired) electrons. The van der Waals surface area contributed by atoms with Crippen molar-refractivity contribution in [3.05, 3.63) is 50.1 Å². The van der Waals surface area contributed by atoms with E-state index in [4.69, 9.17) is 11.6 Å². The number of amides is 1. The van der Waals surface area contributed by atoms with Gasteiger partial charge in [-0.1, -0.05) is 27.5 Å². The zero-order valence-corrected chi connectivity index (χ0v) is 11.2. The van der Waals surface area contributed by atoms with Crippen LogP contribution in [0.4, 0.5) is 5.69 Å². The molecule has 0 saturated carbocycles. The van der Waals surface area contributed by atoms with Gasteiger partial charge in [0.25, 0.3) is 5.91 Å². The molecule has 5 heteroatoms. The maximum Gasteiger partial charge on any atom is 0.255 e. The molecule has 2 aromatic rings. The molecule has 0 aliphatic carbocycles. The number of anilines is 1. The highest BCUT2D eigenvalue weighted by atomic mass is 79.9. The summed E-state index contributed by atoms with van der Waals surface area (Å²) in [5.41, 5.74) is 1.33. The van der Waals surface area contributed by atoms with Gasteiger partial charge in [-0.15, -0.1) is 0 Å². The maximum atomic E-state index is 11.8. The van der Waals surface area contributed by atoms with Crippen LogP contribution in [0.5, 0.6) is 0 Å². The fourth-order valence-corrected chi connectivity index (χ4v) is 2.67. The van der Waals surface area contributed by atoms with Crippen LogP contribution in [0.25, 0.3) is 0 Å². The Labute approximate surface area is 110 Å². The number of carbonyl (C=O) groups excluding carboxylic acids is 1. The summed E-state index contributed by atoms with van der Waals surface area (Å²) in [4.78, 5) is 11.8. The largest absolute Gasteiger partial charge is 0.321 e. The molecule has 2 rings (SSSR count). The van der Waals surface area contributed by atoms with E-state index < -0.39 is 0 Å². The molecule has 0 spiro atoms. The molecule has 1 amide bonds. The number of hydrogen-bond donors (Lipinski definition) is 1. The smallest absolute Gasteiger partial charge is 0.255 e. The quantitative estimate of drug-likeness (QED) is 0.873. The topological polar surface area (TPSA) is 29.1 Å². The molecule has 0 saturated heterocycles. The zero-order valence-electron chi connectivity index (χ0n) is 8.04. The first-order chi connectivity index (χ1) is 7.65. The van der Waals surface area contributed by atoms with Crippen molar-refractivity contribution in [2.24, 2.45) is 0 Å². The Hall–Kier alpha value is -0.840. The number of hydrogen-bond acceptors (Lipinski definition) is 2. The summed E-state index contributed by atoms with van der Waals surface area (Å²) in [7, 11) is 0. The highest BCUT2D eigenvalue weighted by Crippen LogP contribution is 2.21. The number of halogens is 2. The fourth-order valence-electron chi connectivity index (χ4n) is 1.22. The van der Waals surface area contributed by atoms with E-state index in [1.807, 2.05) is 16.8 Å². The molecular formula is C11H7BrClNOS. The van der Waals surface area contributed by atoms with Crippen molar-refractivity contribution < 1.29 is 4.79 Å². The van der Waals surface area contributed by atoms with Gasteiger partial charge in [0.1, 0.15) is 0 Å². The van der Waals surface area contributed by atoms with Crippen molar-refractivity contribution in [3.8, 4) is 0 Å². The molecule has 0 aliphatic rings. The molecule has 0 aliphatic heterocycles. The van der Waals surface area contributed by atoms with Crippen molar-refractivity contribution >= 4 is 50.5 Å². The lowest BCUT2D eigenvalue weighted by Gasteiger charge is -2.04. The fraction of sp³-hybridized carbons (Fsp3) is 0. The van der Waals surface area contributed by atoms with Crippen LogP contribution in [0.15, 0.2) is 39.5 Å². The van der Waals surface area contributed by atoms with Gasteiger partial charge in [-0.3, -0.25) is 4.79 Å². The number of rotatable bonds is 2. The van der Waals surface area contributed by atoms with Gasteiger partial charge in [-0.25, -0.2) is 0 Å². The third kappa shape index (κ3) is 2.84. The van der Waals surface area contributed by atoms with Crippen LogP contribution in [0.3, 0.4) is 0 Å². The highest BCUT2D eigenvalue weighted by Gasteiger charge is 2.08. The Balaban J connectivity index is 2.21. The first kappa shape index (κ1) is 11.6. The Kier molecular flexibility index (Phi) is 3.63. The zero-order chi connectivity index (χ0) is 11.5. The Morgan fingerprint density at radius 3 is 2.81 bits per heavy atom. The van der Waals surface area contributed by atoms with Gasteiger partial charge in [0.05, 0.1) is 5.69 Å². The lowest BCUT2D eigenvalue weighted by molar-refractivity contribution is 0.102. The van der Waals surface area contributed by atoms with Crippen LogP contribution in [-0.2, 0) is 0 Å². The summed E-state index contributed by atoms with van der Waals surface area (Å²) in [6.45, 7) is 0. The molecule has 0 fully saturated rings. The van der Waals surface area contributed by atoms with Gasteiger partial charge in [0.2, 0.25) is 0 Å². The summed E-state index contributed by atoms with van der Waals surface area (Å²) in [6.07, 6.45) is 0. The summed E-state index contributed by atoms with van der Waals surface area (Å²) < 4.78 is 0.787. The molecule has 82 valence electrons. The van der Waals surface area contributed by atoms with E-state index in [9.17, 15) is 4.79 Å². The summed E-state index contributed by atoms with van der Waals surface area (Å²) >= 11 is 10.7. The summed E-state index contributed by atoms with van der Waals surface area (Å²) in [5.74, 6) is -0.165. The van der Waals surface area contributed by atoms with Crippen LogP contribution in [0.2, 0.25) is 5.02 Å². The maximum absolute atomic E-state index is 11.8. The van der Waals surface area contributed by atoms with Gasteiger partial charge in [-0.2, -0.15) is 11.3 Å². The second-order valence-corrected chi connectivity index (χ2v) is 5.26. The third-order valence-corrected chi connectivity index (χ3v) is 3.26. The molecule has 16 heavy (non-hydrogen) atoms. The minimum Gasteiger partial charge on any atom is -0.321 e. The number of carbonyl (C=O) groups is 1. The standard InChI is InChI=1S/C11H7BrClNOS/c12-8-3-7(4-9(13)5-8)11(15)14-10-1-2-16-6-10/h1-6H,(H,14,15). The van der Waals surface area contributed by atoms with Crippen LogP contribution in [0.1, 0.15) is 10.4 Å². The van der Waals surface area contributed by atoms with Crippen molar-refractivity contribution in [3.63, 3.8) is 0 Å². The number of nitrogens with one attached hydrogen (secondary N) is 1.